The van der Waals surface area contributed by atoms with Gasteiger partial charge in [-0.05, 0) is 23.8 Å². The molecular formula is C16H15NO4. The molecule has 1 atom stereocenters. The summed E-state index contributed by atoms with van der Waals surface area (Å²) in [6.07, 6.45) is 4.46. The molecule has 0 aliphatic heterocycles. The van der Waals surface area contributed by atoms with Gasteiger partial charge in [0.15, 0.2) is 0 Å². The first-order valence-corrected chi connectivity index (χ1v) is 6.44. The van der Waals surface area contributed by atoms with Crippen LogP contribution in [0.2, 0.25) is 0 Å². The third-order valence-electron chi connectivity index (χ3n) is 2.84. The number of carbonyl (C=O) groups is 2. The van der Waals surface area contributed by atoms with Crippen LogP contribution in [0.3, 0.4) is 0 Å². The van der Waals surface area contributed by atoms with Gasteiger partial charge in [0.25, 0.3) is 0 Å². The highest BCUT2D eigenvalue weighted by Crippen LogP contribution is 2.05. The molecule has 1 amide bonds. The molecule has 0 radical (unpaired) electrons. The van der Waals surface area contributed by atoms with Gasteiger partial charge in [-0.1, -0.05) is 30.3 Å². The summed E-state index contributed by atoms with van der Waals surface area (Å²) >= 11 is 0. The molecule has 0 fully saturated rings. The molecule has 0 bridgehead atoms. The molecule has 0 aliphatic carbocycles. The van der Waals surface area contributed by atoms with Crippen molar-refractivity contribution >= 4 is 18.0 Å². The molecule has 5 heteroatoms. The predicted molar refractivity (Wildman–Crippen MR) is 77.5 cm³/mol. The number of aliphatic carboxylic acids is 1. The largest absolute Gasteiger partial charge is 0.480 e. The lowest BCUT2D eigenvalue weighted by molar-refractivity contribution is -0.141. The Hall–Kier alpha value is -2.82. The Bertz CT molecular complexity index is 617. The summed E-state index contributed by atoms with van der Waals surface area (Å²) < 4.78 is 5.05. The molecule has 1 heterocycles. The lowest BCUT2D eigenvalue weighted by Gasteiger charge is -2.13. The zero-order valence-electron chi connectivity index (χ0n) is 11.2. The summed E-state index contributed by atoms with van der Waals surface area (Å²) in [5.74, 6) is -1.02. The first-order valence-electron chi connectivity index (χ1n) is 6.44. The zero-order valence-corrected chi connectivity index (χ0v) is 11.2. The number of hydrogen-bond acceptors (Lipinski definition) is 3. The molecule has 108 valence electrons. The first kappa shape index (κ1) is 14.6. The molecule has 2 N–H and O–H groups in total. The van der Waals surface area contributed by atoms with Crippen LogP contribution >= 0.6 is 0 Å². The molecule has 2 aromatic rings. The van der Waals surface area contributed by atoms with E-state index >= 15 is 0 Å². The van der Waals surface area contributed by atoms with Crippen molar-refractivity contribution in [1.29, 1.82) is 0 Å². The van der Waals surface area contributed by atoms with E-state index in [9.17, 15) is 14.7 Å². The van der Waals surface area contributed by atoms with Crippen LogP contribution in [0.1, 0.15) is 11.3 Å². The van der Waals surface area contributed by atoms with E-state index in [4.69, 9.17) is 4.42 Å². The molecule has 1 aromatic heterocycles. The van der Waals surface area contributed by atoms with Crippen molar-refractivity contribution in [2.24, 2.45) is 0 Å². The second-order valence-electron chi connectivity index (χ2n) is 4.44. The molecular weight excluding hydrogens is 270 g/mol. The number of amides is 1. The maximum absolute atomic E-state index is 11.7. The fourth-order valence-corrected chi connectivity index (χ4v) is 1.81. The van der Waals surface area contributed by atoms with Crippen LogP contribution in [0.15, 0.2) is 59.2 Å². The molecule has 0 unspecified atom stereocenters. The van der Waals surface area contributed by atoms with E-state index in [0.717, 1.165) is 5.56 Å². The molecule has 0 aliphatic rings. The first-order chi connectivity index (χ1) is 10.1. The van der Waals surface area contributed by atoms with Crippen molar-refractivity contribution in [1.82, 2.24) is 5.32 Å². The molecule has 2 rings (SSSR count). The van der Waals surface area contributed by atoms with Crippen LogP contribution in [-0.2, 0) is 16.0 Å². The van der Waals surface area contributed by atoms with Crippen LogP contribution in [0.25, 0.3) is 6.08 Å². The number of furan rings is 1. The number of benzene rings is 1. The Kier molecular flexibility index (Phi) is 4.93. The highest BCUT2D eigenvalue weighted by Gasteiger charge is 2.19. The van der Waals surface area contributed by atoms with Gasteiger partial charge in [-0.15, -0.1) is 0 Å². The lowest BCUT2D eigenvalue weighted by atomic mass is 10.1. The van der Waals surface area contributed by atoms with Crippen LogP contribution < -0.4 is 5.32 Å². The number of hydrogen-bond donors (Lipinski definition) is 2. The van der Waals surface area contributed by atoms with E-state index in [-0.39, 0.29) is 6.42 Å². The fraction of sp³-hybridized carbons (Fsp3) is 0.125. The Morgan fingerprint density at radius 2 is 1.95 bits per heavy atom. The van der Waals surface area contributed by atoms with Gasteiger partial charge in [-0.2, -0.15) is 0 Å². The van der Waals surface area contributed by atoms with Crippen LogP contribution in [0, 0.1) is 0 Å². The van der Waals surface area contributed by atoms with Crippen molar-refractivity contribution in [3.63, 3.8) is 0 Å². The van der Waals surface area contributed by atoms with Crippen molar-refractivity contribution in [2.75, 3.05) is 0 Å². The second kappa shape index (κ2) is 7.09. The topological polar surface area (TPSA) is 79.5 Å². The highest BCUT2D eigenvalue weighted by atomic mass is 16.4. The van der Waals surface area contributed by atoms with Gasteiger partial charge in [0.1, 0.15) is 11.8 Å². The maximum atomic E-state index is 11.7. The SMILES string of the molecule is O=C(/C=C/c1ccco1)N[C@H](Cc1ccccc1)C(=O)O. The monoisotopic (exact) mass is 285 g/mol. The third-order valence-corrected chi connectivity index (χ3v) is 2.84. The molecule has 0 saturated heterocycles. The van der Waals surface area contributed by atoms with E-state index in [1.807, 2.05) is 30.3 Å². The quantitative estimate of drug-likeness (QED) is 0.797. The average Bonchev–Trinajstić information content (AvgIpc) is 2.99. The lowest BCUT2D eigenvalue weighted by Crippen LogP contribution is -2.41. The van der Waals surface area contributed by atoms with E-state index < -0.39 is 17.9 Å². The highest BCUT2D eigenvalue weighted by molar-refractivity contribution is 5.94. The number of rotatable bonds is 6. The van der Waals surface area contributed by atoms with Crippen LogP contribution in [0.5, 0.6) is 0 Å². The van der Waals surface area contributed by atoms with Gasteiger partial charge in [-0.25, -0.2) is 4.79 Å². The standard InChI is InChI=1S/C16H15NO4/c18-15(9-8-13-7-4-10-21-13)17-14(16(19)20)11-12-5-2-1-3-6-12/h1-10,14H,11H2,(H,17,18)(H,19,20)/b9-8+/t14-/m1/s1. The Morgan fingerprint density at radius 1 is 1.19 bits per heavy atom. The number of carbonyl (C=O) groups excluding carboxylic acids is 1. The van der Waals surface area contributed by atoms with Crippen molar-refractivity contribution in [3.8, 4) is 0 Å². The van der Waals surface area contributed by atoms with Gasteiger partial charge in [0.2, 0.25) is 5.91 Å². The molecule has 21 heavy (non-hydrogen) atoms. The number of nitrogens with one attached hydrogen (secondary N) is 1. The Balaban J connectivity index is 1.96. The Morgan fingerprint density at radius 3 is 2.57 bits per heavy atom. The van der Waals surface area contributed by atoms with Gasteiger partial charge in [-0.3, -0.25) is 4.79 Å². The van der Waals surface area contributed by atoms with E-state index in [1.54, 1.807) is 12.1 Å². The second-order valence-corrected chi connectivity index (χ2v) is 4.44. The number of carboxylic acid groups (broad SMARTS) is 1. The maximum Gasteiger partial charge on any atom is 0.326 e. The third kappa shape index (κ3) is 4.65. The normalized spacial score (nSPS) is 12.2. The summed E-state index contributed by atoms with van der Waals surface area (Å²) in [6.45, 7) is 0. The van der Waals surface area contributed by atoms with E-state index in [1.165, 1.54) is 18.4 Å². The van der Waals surface area contributed by atoms with Crippen LogP contribution in [-0.4, -0.2) is 23.0 Å². The van der Waals surface area contributed by atoms with E-state index in [0.29, 0.717) is 5.76 Å². The molecule has 1 aromatic carbocycles. The van der Waals surface area contributed by atoms with E-state index in [2.05, 4.69) is 5.32 Å². The summed E-state index contributed by atoms with van der Waals surface area (Å²) in [7, 11) is 0. The van der Waals surface area contributed by atoms with Gasteiger partial charge in [0.05, 0.1) is 6.26 Å². The smallest absolute Gasteiger partial charge is 0.326 e. The van der Waals surface area contributed by atoms with Crippen molar-refractivity contribution in [2.45, 2.75) is 12.5 Å². The predicted octanol–water partition coefficient (Wildman–Crippen LogP) is 2.10. The minimum atomic E-state index is -1.07. The fourth-order valence-electron chi connectivity index (χ4n) is 1.81. The minimum Gasteiger partial charge on any atom is -0.480 e. The zero-order chi connectivity index (χ0) is 15.1. The van der Waals surface area contributed by atoms with Crippen molar-refractivity contribution < 1.29 is 19.1 Å². The molecule has 0 spiro atoms. The summed E-state index contributed by atoms with van der Waals surface area (Å²) in [5, 5.41) is 11.6. The van der Waals surface area contributed by atoms with Gasteiger partial charge < -0.3 is 14.8 Å². The summed E-state index contributed by atoms with van der Waals surface area (Å²) in [5.41, 5.74) is 0.847. The Labute approximate surface area is 121 Å². The number of carboxylic acids is 1. The minimum absolute atomic E-state index is 0.233. The van der Waals surface area contributed by atoms with Gasteiger partial charge >= 0.3 is 5.97 Å². The average molecular weight is 285 g/mol. The summed E-state index contributed by atoms with van der Waals surface area (Å²) in [4.78, 5) is 23.0. The van der Waals surface area contributed by atoms with Gasteiger partial charge in [0, 0.05) is 12.5 Å². The van der Waals surface area contributed by atoms with Crippen LogP contribution in [0.4, 0.5) is 0 Å². The molecule has 5 nitrogen and oxygen atoms in total. The van der Waals surface area contributed by atoms with Crippen molar-refractivity contribution in [3.05, 3.63) is 66.1 Å². The molecule has 0 saturated carbocycles. The summed E-state index contributed by atoms with van der Waals surface area (Å²) in [6, 6.07) is 11.6.